The number of nitrogens with two attached hydrogens (primary N) is 1. The number of thioether (sulfide) groups is 1. The van der Waals surface area contributed by atoms with Crippen molar-refractivity contribution in [2.45, 2.75) is 36.9 Å². The number of rotatable bonds is 6. The smallest absolute Gasteiger partial charge is 0.203 e. The van der Waals surface area contributed by atoms with Crippen LogP contribution in [0.2, 0.25) is 0 Å². The molecule has 1 atom stereocenters. The molecule has 15 heavy (non-hydrogen) atoms. The predicted octanol–water partition coefficient (Wildman–Crippen LogP) is 2.29. The van der Waals surface area contributed by atoms with Crippen LogP contribution in [0.25, 0.3) is 0 Å². The van der Waals surface area contributed by atoms with Crippen LogP contribution in [0.1, 0.15) is 27.2 Å². The van der Waals surface area contributed by atoms with Gasteiger partial charge in [-0.15, -0.1) is 10.2 Å². The first-order chi connectivity index (χ1) is 7.21. The topological polar surface area (TPSA) is 55.0 Å². The molecule has 1 aromatic rings. The number of aromatic nitrogens is 2. The maximum atomic E-state index is 5.55. The molecule has 0 aliphatic carbocycles. The quantitative estimate of drug-likeness (QED) is 0.616. The fourth-order valence-corrected chi connectivity index (χ4v) is 3.49. The number of nitrogen functional groups attached to an aromatic ring is 1. The maximum Gasteiger partial charge on any atom is 0.203 e. The van der Waals surface area contributed by atoms with Gasteiger partial charge in [-0.05, 0) is 19.5 Å². The third kappa shape index (κ3) is 3.62. The van der Waals surface area contributed by atoms with Crippen molar-refractivity contribution in [2.75, 3.05) is 18.8 Å². The molecule has 0 bridgehead atoms. The predicted molar refractivity (Wildman–Crippen MR) is 67.2 cm³/mol. The second-order valence-electron chi connectivity index (χ2n) is 3.11. The molecule has 1 heterocycles. The highest BCUT2D eigenvalue weighted by molar-refractivity contribution is 8.01. The summed E-state index contributed by atoms with van der Waals surface area (Å²) in [5.74, 6) is 0. The summed E-state index contributed by atoms with van der Waals surface area (Å²) in [7, 11) is 0. The molecule has 2 N–H and O–H groups in total. The lowest BCUT2D eigenvalue weighted by molar-refractivity contribution is 0.279. The highest BCUT2D eigenvalue weighted by Gasteiger charge is 2.16. The van der Waals surface area contributed by atoms with Crippen LogP contribution in [-0.4, -0.2) is 33.6 Å². The molecule has 0 saturated carbocycles. The molecule has 0 aromatic carbocycles. The van der Waals surface area contributed by atoms with E-state index in [0.29, 0.717) is 10.5 Å². The second-order valence-corrected chi connectivity index (χ2v) is 5.54. The van der Waals surface area contributed by atoms with Gasteiger partial charge in [0.1, 0.15) is 0 Å². The Balaban J connectivity index is 2.60. The first kappa shape index (κ1) is 12.7. The largest absolute Gasteiger partial charge is 0.374 e. The summed E-state index contributed by atoms with van der Waals surface area (Å²) < 4.78 is 0.964. The highest BCUT2D eigenvalue weighted by atomic mass is 32.2. The molecule has 86 valence electrons. The van der Waals surface area contributed by atoms with Crippen molar-refractivity contribution < 1.29 is 0 Å². The van der Waals surface area contributed by atoms with Crippen LogP contribution in [0.5, 0.6) is 0 Å². The van der Waals surface area contributed by atoms with Gasteiger partial charge in [0.05, 0.1) is 5.37 Å². The molecule has 1 rings (SSSR count). The Labute approximate surface area is 99.3 Å². The average molecular weight is 246 g/mol. The summed E-state index contributed by atoms with van der Waals surface area (Å²) in [4.78, 5) is 2.42. The van der Waals surface area contributed by atoms with Gasteiger partial charge in [-0.2, -0.15) is 0 Å². The van der Waals surface area contributed by atoms with Gasteiger partial charge in [0, 0.05) is 0 Å². The summed E-state index contributed by atoms with van der Waals surface area (Å²) in [6.07, 6.45) is 1.10. The van der Waals surface area contributed by atoms with Crippen molar-refractivity contribution in [1.82, 2.24) is 15.1 Å². The van der Waals surface area contributed by atoms with Gasteiger partial charge >= 0.3 is 0 Å². The van der Waals surface area contributed by atoms with Crippen molar-refractivity contribution in [2.24, 2.45) is 0 Å². The summed E-state index contributed by atoms with van der Waals surface area (Å²) in [6, 6.07) is 0. The SMILES string of the molecule is CCC(Sc1nnc(N)s1)N(CC)CC. The van der Waals surface area contributed by atoms with E-state index in [9.17, 15) is 0 Å². The van der Waals surface area contributed by atoms with Crippen molar-refractivity contribution in [1.29, 1.82) is 0 Å². The molecular formula is C9H18N4S2. The van der Waals surface area contributed by atoms with Crippen LogP contribution in [-0.2, 0) is 0 Å². The zero-order chi connectivity index (χ0) is 11.3. The van der Waals surface area contributed by atoms with Gasteiger partial charge in [-0.1, -0.05) is 43.9 Å². The highest BCUT2D eigenvalue weighted by Crippen LogP contribution is 2.30. The van der Waals surface area contributed by atoms with E-state index < -0.39 is 0 Å². The van der Waals surface area contributed by atoms with E-state index >= 15 is 0 Å². The van der Waals surface area contributed by atoms with E-state index in [1.807, 2.05) is 0 Å². The van der Waals surface area contributed by atoms with Crippen LogP contribution in [0.3, 0.4) is 0 Å². The Kier molecular flexibility index (Phi) is 5.35. The van der Waals surface area contributed by atoms with Crippen LogP contribution < -0.4 is 5.73 Å². The van der Waals surface area contributed by atoms with E-state index in [1.165, 1.54) is 11.3 Å². The normalized spacial score (nSPS) is 13.3. The van der Waals surface area contributed by atoms with E-state index in [4.69, 9.17) is 5.73 Å². The van der Waals surface area contributed by atoms with Gasteiger partial charge in [0.25, 0.3) is 0 Å². The monoisotopic (exact) mass is 246 g/mol. The second kappa shape index (κ2) is 6.30. The van der Waals surface area contributed by atoms with E-state index in [1.54, 1.807) is 11.8 Å². The minimum atomic E-state index is 0.479. The van der Waals surface area contributed by atoms with Gasteiger partial charge in [0.15, 0.2) is 4.34 Å². The van der Waals surface area contributed by atoms with Crippen LogP contribution in [0, 0.1) is 0 Å². The molecule has 0 radical (unpaired) electrons. The van der Waals surface area contributed by atoms with Crippen molar-refractivity contribution in [3.8, 4) is 0 Å². The first-order valence-corrected chi connectivity index (χ1v) is 6.90. The third-order valence-corrected chi connectivity index (χ3v) is 4.50. The number of nitrogens with zero attached hydrogens (tertiary/aromatic N) is 3. The lowest BCUT2D eigenvalue weighted by atomic mass is 10.4. The molecule has 0 aliphatic heterocycles. The maximum absolute atomic E-state index is 5.55. The fourth-order valence-electron chi connectivity index (χ4n) is 1.43. The lowest BCUT2D eigenvalue weighted by Crippen LogP contribution is -2.31. The zero-order valence-corrected chi connectivity index (χ0v) is 11.1. The molecule has 0 aliphatic rings. The molecule has 0 spiro atoms. The van der Waals surface area contributed by atoms with Crippen molar-refractivity contribution in [3.05, 3.63) is 0 Å². The zero-order valence-electron chi connectivity index (χ0n) is 9.43. The third-order valence-electron chi connectivity index (χ3n) is 2.23. The summed E-state index contributed by atoms with van der Waals surface area (Å²) in [5.41, 5.74) is 5.55. The summed E-state index contributed by atoms with van der Waals surface area (Å²) in [6.45, 7) is 8.69. The van der Waals surface area contributed by atoms with Gasteiger partial charge < -0.3 is 5.73 Å². The molecular weight excluding hydrogens is 228 g/mol. The van der Waals surface area contributed by atoms with Gasteiger partial charge in [-0.25, -0.2) is 0 Å². The molecule has 0 amide bonds. The Morgan fingerprint density at radius 1 is 1.33 bits per heavy atom. The summed E-state index contributed by atoms with van der Waals surface area (Å²) >= 11 is 3.22. The average Bonchev–Trinajstić information content (AvgIpc) is 2.64. The van der Waals surface area contributed by atoms with Crippen molar-refractivity contribution >= 4 is 28.2 Å². The van der Waals surface area contributed by atoms with Gasteiger partial charge in [-0.3, -0.25) is 4.90 Å². The molecule has 1 unspecified atom stereocenters. The Hall–Kier alpha value is -0.330. The molecule has 4 nitrogen and oxygen atoms in total. The number of hydrogen-bond donors (Lipinski definition) is 1. The van der Waals surface area contributed by atoms with E-state index in [0.717, 1.165) is 23.8 Å². The minimum Gasteiger partial charge on any atom is -0.374 e. The Morgan fingerprint density at radius 3 is 2.40 bits per heavy atom. The minimum absolute atomic E-state index is 0.479. The molecule has 0 saturated heterocycles. The van der Waals surface area contributed by atoms with Crippen LogP contribution in [0.4, 0.5) is 5.13 Å². The number of hydrogen-bond acceptors (Lipinski definition) is 6. The molecule has 1 aromatic heterocycles. The van der Waals surface area contributed by atoms with E-state index in [2.05, 4.69) is 35.9 Å². The molecule has 0 fully saturated rings. The Morgan fingerprint density at radius 2 is 2.00 bits per heavy atom. The molecule has 6 heteroatoms. The van der Waals surface area contributed by atoms with Crippen LogP contribution in [0.15, 0.2) is 4.34 Å². The van der Waals surface area contributed by atoms with E-state index in [-0.39, 0.29) is 0 Å². The van der Waals surface area contributed by atoms with Gasteiger partial charge in [0.2, 0.25) is 5.13 Å². The summed E-state index contributed by atoms with van der Waals surface area (Å²) in [5, 5.41) is 8.88. The fraction of sp³-hybridized carbons (Fsp3) is 0.778. The van der Waals surface area contributed by atoms with Crippen LogP contribution >= 0.6 is 23.1 Å². The standard InChI is InChI=1S/C9H18N4S2/c1-4-7(13(5-2)6-3)14-9-12-11-8(10)15-9/h7H,4-6H2,1-3H3,(H2,10,11). The lowest BCUT2D eigenvalue weighted by Gasteiger charge is -2.26. The first-order valence-electron chi connectivity index (χ1n) is 5.20. The Bertz CT molecular complexity index is 285. The number of anilines is 1. The van der Waals surface area contributed by atoms with Crippen molar-refractivity contribution in [3.63, 3.8) is 0 Å².